The van der Waals surface area contributed by atoms with E-state index in [1.807, 2.05) is 96.4 Å². The largest absolute Gasteiger partial charge is 0.312 e. The highest BCUT2D eigenvalue weighted by atomic mass is 32.1. The van der Waals surface area contributed by atoms with Crippen molar-refractivity contribution < 1.29 is 4.79 Å². The Morgan fingerprint density at radius 1 is 0.784 bits per heavy atom. The van der Waals surface area contributed by atoms with Crippen LogP contribution < -0.4 is 10.1 Å². The van der Waals surface area contributed by atoms with Crippen molar-refractivity contribution in [2.24, 2.45) is 10.2 Å². The van der Waals surface area contributed by atoms with Gasteiger partial charge < -0.3 is 5.32 Å². The molecule has 1 amide bonds. The fourth-order valence-electron chi connectivity index (χ4n) is 3.89. The lowest BCUT2D eigenvalue weighted by atomic mass is 10.1. The van der Waals surface area contributed by atoms with Gasteiger partial charge in [0.1, 0.15) is 5.00 Å². The Labute approximate surface area is 220 Å². The molecule has 0 saturated heterocycles. The van der Waals surface area contributed by atoms with Crippen LogP contribution in [0.4, 0.5) is 5.00 Å². The number of carbonyl (C=O) groups excluding carboxylic acids is 1. The van der Waals surface area contributed by atoms with Crippen molar-refractivity contribution >= 4 is 28.5 Å². The van der Waals surface area contributed by atoms with Crippen molar-refractivity contribution in [1.29, 1.82) is 0 Å². The molecule has 6 heteroatoms. The Morgan fingerprint density at radius 3 is 2.03 bits per heavy atom. The van der Waals surface area contributed by atoms with Gasteiger partial charge in [0.25, 0.3) is 5.91 Å². The minimum atomic E-state index is -0.172. The van der Waals surface area contributed by atoms with Crippen LogP contribution in [0.5, 0.6) is 0 Å². The molecule has 1 N–H and O–H groups in total. The summed E-state index contributed by atoms with van der Waals surface area (Å²) in [5.74, 6) is -0.172. The summed E-state index contributed by atoms with van der Waals surface area (Å²) in [5, 5.41) is 12.8. The van der Waals surface area contributed by atoms with Crippen LogP contribution in [0.2, 0.25) is 0 Å². The summed E-state index contributed by atoms with van der Waals surface area (Å²) in [6, 6.07) is 35.7. The lowest BCUT2D eigenvalue weighted by molar-refractivity contribution is 0.102. The van der Waals surface area contributed by atoms with E-state index in [9.17, 15) is 4.79 Å². The molecule has 0 bridgehead atoms. The summed E-state index contributed by atoms with van der Waals surface area (Å²) in [6.45, 7) is 4.06. The molecule has 5 nitrogen and oxygen atoms in total. The minimum absolute atomic E-state index is 0.172. The van der Waals surface area contributed by atoms with Crippen LogP contribution in [0, 0.1) is 13.8 Å². The summed E-state index contributed by atoms with van der Waals surface area (Å²) in [5.41, 5.74) is 6.57. The predicted molar refractivity (Wildman–Crippen MR) is 153 cm³/mol. The van der Waals surface area contributed by atoms with Gasteiger partial charge in [-0.15, -0.1) is 5.10 Å². The number of carbonyl (C=O) groups is 1. The van der Waals surface area contributed by atoms with Gasteiger partial charge in [-0.05, 0) is 43.7 Å². The number of nitrogens with zero attached hydrogens (tertiary/aromatic N) is 3. The van der Waals surface area contributed by atoms with E-state index in [4.69, 9.17) is 0 Å². The number of rotatable bonds is 6. The van der Waals surface area contributed by atoms with Crippen LogP contribution >= 0.6 is 11.3 Å². The van der Waals surface area contributed by atoms with Gasteiger partial charge in [-0.3, -0.25) is 9.36 Å². The van der Waals surface area contributed by atoms with Crippen molar-refractivity contribution in [2.75, 3.05) is 5.32 Å². The molecular formula is C31H26N4OS. The molecule has 1 heterocycles. The van der Waals surface area contributed by atoms with Crippen molar-refractivity contribution in [3.63, 3.8) is 0 Å². The van der Waals surface area contributed by atoms with Crippen LogP contribution in [-0.4, -0.2) is 16.7 Å². The SMILES string of the molecule is Cc1ccc(C(=O)Nc2s/c(=N/N=C/c3ccccc3)n(-c3ccc(C)cc3)c2-c2ccccc2)cc1. The maximum absolute atomic E-state index is 13.2. The molecule has 0 spiro atoms. The summed E-state index contributed by atoms with van der Waals surface area (Å²) in [6.07, 6.45) is 1.73. The zero-order valence-electron chi connectivity index (χ0n) is 20.6. The Balaban J connectivity index is 1.68. The predicted octanol–water partition coefficient (Wildman–Crippen LogP) is 7.01. The highest BCUT2D eigenvalue weighted by molar-refractivity contribution is 7.14. The molecule has 0 radical (unpaired) electrons. The summed E-state index contributed by atoms with van der Waals surface area (Å²) < 4.78 is 2.05. The lowest BCUT2D eigenvalue weighted by Gasteiger charge is -2.12. The van der Waals surface area contributed by atoms with Gasteiger partial charge in [0.05, 0.1) is 11.9 Å². The zero-order chi connectivity index (χ0) is 25.6. The number of nitrogens with one attached hydrogen (secondary N) is 1. The molecule has 37 heavy (non-hydrogen) atoms. The maximum Gasteiger partial charge on any atom is 0.256 e. The maximum atomic E-state index is 13.2. The standard InChI is InChI=1S/C31H26N4OS/c1-22-13-17-26(18-14-22)29(36)33-30-28(25-11-7-4-8-12-25)35(27-19-15-23(2)16-20-27)31(37-30)34-32-21-24-9-5-3-6-10-24/h3-21H,1-2H3,(H,33,36)/b32-21+,34-31+. The summed E-state index contributed by atoms with van der Waals surface area (Å²) >= 11 is 1.39. The van der Waals surface area contributed by atoms with Gasteiger partial charge in [-0.25, -0.2) is 0 Å². The van der Waals surface area contributed by atoms with E-state index in [1.54, 1.807) is 6.21 Å². The number of anilines is 1. The Bertz CT molecular complexity index is 1600. The van der Waals surface area contributed by atoms with Gasteiger partial charge in [0.2, 0.25) is 4.80 Å². The van der Waals surface area contributed by atoms with Gasteiger partial charge in [0.15, 0.2) is 0 Å². The third-order valence-corrected chi connectivity index (χ3v) is 6.80. The van der Waals surface area contributed by atoms with Crippen LogP contribution in [0.3, 0.4) is 0 Å². The van der Waals surface area contributed by atoms with E-state index in [2.05, 4.69) is 46.7 Å². The average Bonchev–Trinajstić information content (AvgIpc) is 3.28. The van der Waals surface area contributed by atoms with E-state index >= 15 is 0 Å². The van der Waals surface area contributed by atoms with Gasteiger partial charge >= 0.3 is 0 Å². The Morgan fingerprint density at radius 2 is 1.38 bits per heavy atom. The third kappa shape index (κ3) is 5.66. The first kappa shape index (κ1) is 24.2. The molecule has 0 atom stereocenters. The first-order valence-corrected chi connectivity index (χ1v) is 12.8. The van der Waals surface area contributed by atoms with Gasteiger partial charge in [-0.2, -0.15) is 5.10 Å². The summed E-state index contributed by atoms with van der Waals surface area (Å²) in [4.78, 5) is 13.9. The molecule has 0 unspecified atom stereocenters. The average molecular weight is 503 g/mol. The lowest BCUT2D eigenvalue weighted by Crippen LogP contribution is -2.14. The summed E-state index contributed by atoms with van der Waals surface area (Å²) in [7, 11) is 0. The molecule has 0 aliphatic heterocycles. The minimum Gasteiger partial charge on any atom is -0.312 e. The van der Waals surface area contributed by atoms with E-state index in [1.165, 1.54) is 11.3 Å². The normalized spacial score (nSPS) is 11.7. The molecule has 1 aromatic heterocycles. The molecular weight excluding hydrogens is 476 g/mol. The number of hydrogen-bond donors (Lipinski definition) is 1. The van der Waals surface area contributed by atoms with Crippen LogP contribution in [0.15, 0.2) is 119 Å². The smallest absolute Gasteiger partial charge is 0.256 e. The van der Waals surface area contributed by atoms with E-state index < -0.39 is 0 Å². The number of benzene rings is 4. The van der Waals surface area contributed by atoms with Crippen LogP contribution in [0.1, 0.15) is 27.0 Å². The molecule has 5 aromatic rings. The van der Waals surface area contributed by atoms with E-state index in [0.29, 0.717) is 15.4 Å². The second kappa shape index (κ2) is 11.0. The highest BCUT2D eigenvalue weighted by Crippen LogP contribution is 2.33. The molecule has 0 fully saturated rings. The number of hydrogen-bond acceptors (Lipinski definition) is 4. The molecule has 0 aliphatic carbocycles. The fraction of sp³-hybridized carbons (Fsp3) is 0.0645. The second-order valence-electron chi connectivity index (χ2n) is 8.67. The molecule has 5 rings (SSSR count). The fourth-order valence-corrected chi connectivity index (χ4v) is 4.89. The molecule has 0 aliphatic rings. The third-order valence-electron chi connectivity index (χ3n) is 5.85. The van der Waals surface area contributed by atoms with E-state index in [-0.39, 0.29) is 5.91 Å². The number of thiazole rings is 1. The Kier molecular flexibility index (Phi) is 7.19. The first-order chi connectivity index (χ1) is 18.1. The molecule has 4 aromatic carbocycles. The number of aromatic nitrogens is 1. The number of amides is 1. The van der Waals surface area contributed by atoms with Crippen molar-refractivity contribution in [2.45, 2.75) is 13.8 Å². The van der Waals surface area contributed by atoms with Crippen molar-refractivity contribution in [1.82, 2.24) is 4.57 Å². The van der Waals surface area contributed by atoms with Gasteiger partial charge in [-0.1, -0.05) is 107 Å². The topological polar surface area (TPSA) is 58.8 Å². The zero-order valence-corrected chi connectivity index (χ0v) is 21.4. The number of aryl methyl sites for hydroxylation is 2. The Hall–Kier alpha value is -4.55. The van der Waals surface area contributed by atoms with Gasteiger partial charge in [0, 0.05) is 16.8 Å². The monoisotopic (exact) mass is 502 g/mol. The first-order valence-electron chi connectivity index (χ1n) is 12.0. The second-order valence-corrected chi connectivity index (χ2v) is 9.65. The quantitative estimate of drug-likeness (QED) is 0.197. The van der Waals surface area contributed by atoms with E-state index in [0.717, 1.165) is 33.6 Å². The highest BCUT2D eigenvalue weighted by Gasteiger charge is 2.19. The van der Waals surface area contributed by atoms with Crippen LogP contribution in [-0.2, 0) is 0 Å². The van der Waals surface area contributed by atoms with Crippen molar-refractivity contribution in [3.05, 3.63) is 136 Å². The molecule has 182 valence electrons. The van der Waals surface area contributed by atoms with Crippen molar-refractivity contribution in [3.8, 4) is 16.9 Å². The molecule has 0 saturated carbocycles. The van der Waals surface area contributed by atoms with Crippen LogP contribution in [0.25, 0.3) is 16.9 Å².